The third kappa shape index (κ3) is 3.44. The summed E-state index contributed by atoms with van der Waals surface area (Å²) in [5.74, 6) is 0.742. The van der Waals surface area contributed by atoms with Gasteiger partial charge in [-0.05, 0) is 42.8 Å². The number of ketones is 1. The number of ether oxygens (including phenoxy) is 1. The number of hydrogen-bond acceptors (Lipinski definition) is 5. The van der Waals surface area contributed by atoms with Crippen LogP contribution in [0.5, 0.6) is 5.75 Å². The number of aryl methyl sites for hydroxylation is 1. The molecule has 0 radical (unpaired) electrons. The van der Waals surface area contributed by atoms with Gasteiger partial charge in [0.25, 0.3) is 5.91 Å². The molecule has 1 fully saturated rings. The first-order valence-electron chi connectivity index (χ1n) is 11.5. The van der Waals surface area contributed by atoms with Crippen LogP contribution >= 0.6 is 0 Å². The molecule has 0 unspecified atom stereocenters. The van der Waals surface area contributed by atoms with Crippen LogP contribution in [0.2, 0.25) is 0 Å². The van der Waals surface area contributed by atoms with Crippen molar-refractivity contribution in [3.8, 4) is 16.9 Å². The van der Waals surface area contributed by atoms with Gasteiger partial charge >= 0.3 is 0 Å². The van der Waals surface area contributed by atoms with E-state index in [-0.39, 0.29) is 11.7 Å². The molecule has 0 bridgehead atoms. The van der Waals surface area contributed by atoms with Crippen LogP contribution in [-0.4, -0.2) is 49.6 Å². The molecule has 1 spiro atoms. The van der Waals surface area contributed by atoms with E-state index in [1.165, 1.54) is 0 Å². The Kier molecular flexibility index (Phi) is 4.72. The van der Waals surface area contributed by atoms with Crippen LogP contribution in [0.4, 0.5) is 0 Å². The fourth-order valence-corrected chi connectivity index (χ4v) is 5.10. The van der Waals surface area contributed by atoms with Crippen molar-refractivity contribution in [3.05, 3.63) is 84.1 Å². The molecule has 6 rings (SSSR count). The van der Waals surface area contributed by atoms with E-state index in [1.54, 1.807) is 12.4 Å². The van der Waals surface area contributed by atoms with Crippen LogP contribution in [0.25, 0.3) is 16.8 Å². The lowest BCUT2D eigenvalue weighted by Crippen LogP contribution is -2.52. The lowest BCUT2D eigenvalue weighted by Gasteiger charge is -2.44. The minimum atomic E-state index is -0.532. The molecule has 0 saturated carbocycles. The van der Waals surface area contributed by atoms with Crippen molar-refractivity contribution in [2.24, 2.45) is 0 Å². The molecule has 3 aromatic heterocycles. The number of aromatic nitrogens is 3. The molecule has 1 saturated heterocycles. The van der Waals surface area contributed by atoms with Gasteiger partial charge in [0.05, 0.1) is 17.5 Å². The molecule has 7 nitrogen and oxygen atoms in total. The van der Waals surface area contributed by atoms with E-state index >= 15 is 0 Å². The number of benzene rings is 1. The van der Waals surface area contributed by atoms with Gasteiger partial charge in [-0.15, -0.1) is 0 Å². The van der Waals surface area contributed by atoms with E-state index < -0.39 is 5.60 Å². The predicted molar refractivity (Wildman–Crippen MR) is 127 cm³/mol. The fraction of sp³-hybridized carbons (Fsp3) is 0.259. The number of hydrogen-bond donors (Lipinski definition) is 0. The Hall–Kier alpha value is -4.00. The van der Waals surface area contributed by atoms with Crippen LogP contribution < -0.4 is 4.74 Å². The van der Waals surface area contributed by atoms with Crippen molar-refractivity contribution >= 4 is 17.3 Å². The lowest BCUT2D eigenvalue weighted by atomic mass is 9.82. The summed E-state index contributed by atoms with van der Waals surface area (Å²) in [6, 6.07) is 13.3. The van der Waals surface area contributed by atoms with Crippen molar-refractivity contribution in [2.45, 2.75) is 31.8 Å². The van der Waals surface area contributed by atoms with Crippen LogP contribution in [0.15, 0.2) is 67.3 Å². The molecule has 0 atom stereocenters. The number of rotatable bonds is 2. The Bertz CT molecular complexity index is 1430. The van der Waals surface area contributed by atoms with Gasteiger partial charge < -0.3 is 14.0 Å². The van der Waals surface area contributed by atoms with Crippen molar-refractivity contribution in [1.29, 1.82) is 0 Å². The quantitative estimate of drug-likeness (QED) is 0.452. The highest BCUT2D eigenvalue weighted by atomic mass is 16.5. The Labute approximate surface area is 197 Å². The number of piperidine rings is 1. The summed E-state index contributed by atoms with van der Waals surface area (Å²) in [7, 11) is 0. The van der Waals surface area contributed by atoms with Crippen molar-refractivity contribution < 1.29 is 14.3 Å². The van der Waals surface area contributed by atoms with Crippen molar-refractivity contribution in [2.75, 3.05) is 13.1 Å². The second kappa shape index (κ2) is 7.80. The number of nitrogens with zero attached hydrogens (tertiary/aromatic N) is 4. The molecule has 34 heavy (non-hydrogen) atoms. The van der Waals surface area contributed by atoms with E-state index in [9.17, 15) is 9.59 Å². The summed E-state index contributed by atoms with van der Waals surface area (Å²) in [4.78, 5) is 36.9. The first kappa shape index (κ1) is 20.6. The van der Waals surface area contributed by atoms with E-state index in [0.29, 0.717) is 49.2 Å². The number of carbonyl (C=O) groups is 2. The monoisotopic (exact) mass is 452 g/mol. The average molecular weight is 453 g/mol. The average Bonchev–Trinajstić information content (AvgIpc) is 3.32. The number of likely N-dealkylation sites (tertiary alicyclic amines) is 1. The smallest absolute Gasteiger partial charge is 0.255 e. The number of Topliss-reactive ketones (excluding diaryl/α,β-unsaturated/α-hetero) is 1. The third-order valence-electron chi connectivity index (χ3n) is 6.90. The van der Waals surface area contributed by atoms with E-state index in [0.717, 1.165) is 22.5 Å². The Balaban J connectivity index is 1.26. The zero-order valence-corrected chi connectivity index (χ0v) is 18.9. The fourth-order valence-electron chi connectivity index (χ4n) is 5.10. The minimum Gasteiger partial charge on any atom is -0.486 e. The van der Waals surface area contributed by atoms with Gasteiger partial charge in [-0.3, -0.25) is 14.6 Å². The summed E-state index contributed by atoms with van der Waals surface area (Å²) in [5, 5.41) is 0. The molecule has 2 aliphatic heterocycles. The number of imidazole rings is 1. The standard InChI is InChI=1S/C27H24N4O3/c1-18-14-19(6-9-28-18)22-15-20(17-31-13-10-29-25(22)31)26(33)30-11-7-27(8-12-30)16-23(32)21-4-2-3-5-24(21)34-27/h2-6,9-10,13-15,17H,7-8,11-12,16H2,1H3. The second-order valence-corrected chi connectivity index (χ2v) is 9.16. The maximum absolute atomic E-state index is 13.5. The van der Waals surface area contributed by atoms with Crippen LogP contribution in [-0.2, 0) is 0 Å². The molecule has 0 aliphatic carbocycles. The highest BCUT2D eigenvalue weighted by Crippen LogP contribution is 2.39. The van der Waals surface area contributed by atoms with Gasteiger partial charge in [0.1, 0.15) is 17.0 Å². The Morgan fingerprint density at radius 2 is 1.85 bits per heavy atom. The van der Waals surface area contributed by atoms with Crippen molar-refractivity contribution in [3.63, 3.8) is 0 Å². The highest BCUT2D eigenvalue weighted by molar-refractivity contribution is 6.00. The highest BCUT2D eigenvalue weighted by Gasteiger charge is 2.43. The summed E-state index contributed by atoms with van der Waals surface area (Å²) in [6.45, 7) is 3.03. The Morgan fingerprint density at radius 3 is 2.68 bits per heavy atom. The zero-order valence-electron chi connectivity index (χ0n) is 18.9. The number of carbonyl (C=O) groups excluding carboxylic acids is 2. The van der Waals surface area contributed by atoms with Crippen LogP contribution in [0.3, 0.4) is 0 Å². The van der Waals surface area contributed by atoms with E-state index in [1.807, 2.05) is 71.1 Å². The largest absolute Gasteiger partial charge is 0.486 e. The van der Waals surface area contributed by atoms with Gasteiger partial charge in [0.2, 0.25) is 0 Å². The first-order valence-corrected chi connectivity index (χ1v) is 11.5. The number of fused-ring (bicyclic) bond motifs is 2. The lowest BCUT2D eigenvalue weighted by molar-refractivity contribution is -0.00571. The summed E-state index contributed by atoms with van der Waals surface area (Å²) >= 11 is 0. The number of amides is 1. The number of para-hydroxylation sites is 1. The summed E-state index contributed by atoms with van der Waals surface area (Å²) in [5.41, 5.74) is 4.31. The van der Waals surface area contributed by atoms with Gasteiger partial charge in [0, 0.05) is 62.0 Å². The molecule has 4 aromatic rings. The van der Waals surface area contributed by atoms with Crippen LogP contribution in [0.1, 0.15) is 45.7 Å². The summed E-state index contributed by atoms with van der Waals surface area (Å²) < 4.78 is 8.22. The number of pyridine rings is 2. The topological polar surface area (TPSA) is 76.8 Å². The maximum atomic E-state index is 13.5. The molecular formula is C27H24N4O3. The minimum absolute atomic E-state index is 0.0278. The maximum Gasteiger partial charge on any atom is 0.255 e. The molecule has 5 heterocycles. The first-order chi connectivity index (χ1) is 16.5. The second-order valence-electron chi connectivity index (χ2n) is 9.16. The normalized spacial score (nSPS) is 17.0. The van der Waals surface area contributed by atoms with Gasteiger partial charge in [-0.1, -0.05) is 12.1 Å². The SMILES string of the molecule is Cc1cc(-c2cc(C(=O)N3CCC4(CC3)CC(=O)c3ccccc3O4)cn3ccnc23)ccn1. The molecule has 1 aromatic carbocycles. The predicted octanol–water partition coefficient (Wildman–Crippen LogP) is 4.34. The summed E-state index contributed by atoms with van der Waals surface area (Å²) in [6.07, 6.45) is 8.81. The molecule has 170 valence electrons. The van der Waals surface area contributed by atoms with Crippen LogP contribution in [0, 0.1) is 6.92 Å². The molecule has 1 amide bonds. The Morgan fingerprint density at radius 1 is 1.03 bits per heavy atom. The van der Waals surface area contributed by atoms with Gasteiger partial charge in [-0.25, -0.2) is 4.98 Å². The van der Waals surface area contributed by atoms with E-state index in [2.05, 4.69) is 9.97 Å². The zero-order chi connectivity index (χ0) is 23.3. The van der Waals surface area contributed by atoms with Gasteiger partial charge in [-0.2, -0.15) is 0 Å². The third-order valence-corrected chi connectivity index (χ3v) is 6.90. The van der Waals surface area contributed by atoms with Crippen molar-refractivity contribution in [1.82, 2.24) is 19.3 Å². The molecule has 0 N–H and O–H groups in total. The van der Waals surface area contributed by atoms with Gasteiger partial charge in [0.15, 0.2) is 5.78 Å². The van der Waals surface area contributed by atoms with E-state index in [4.69, 9.17) is 4.74 Å². The molecule has 2 aliphatic rings. The molecular weight excluding hydrogens is 428 g/mol. The molecule has 7 heteroatoms.